The summed E-state index contributed by atoms with van der Waals surface area (Å²) in [6.45, 7) is 0. The molecule has 21 heavy (non-hydrogen) atoms. The molecule has 6 heteroatoms. The van der Waals surface area contributed by atoms with Crippen molar-refractivity contribution >= 4 is 17.3 Å². The minimum Gasteiger partial charge on any atom is -0.399 e. The predicted molar refractivity (Wildman–Crippen MR) is 78.4 cm³/mol. The van der Waals surface area contributed by atoms with Crippen LogP contribution in [0.4, 0.5) is 10.1 Å². The number of benzene rings is 2. The minimum absolute atomic E-state index is 0.277. The Hall–Kier alpha value is -2.40. The van der Waals surface area contributed by atoms with Gasteiger partial charge in [0, 0.05) is 12.1 Å². The molecule has 1 heterocycles. The number of nitrogens with zero attached hydrogens (tertiary/aromatic N) is 2. The molecule has 0 bridgehead atoms. The standard InChI is InChI=1S/C15H11ClFN3O/c16-13-8-11(18)5-6-12(13)15-19-14(20-21-15)7-9-1-3-10(17)4-2-9/h1-6,8H,7,18H2. The van der Waals surface area contributed by atoms with E-state index in [-0.39, 0.29) is 5.82 Å². The van der Waals surface area contributed by atoms with E-state index in [0.29, 0.717) is 34.4 Å². The monoisotopic (exact) mass is 303 g/mol. The molecule has 0 saturated heterocycles. The van der Waals surface area contributed by atoms with E-state index in [1.807, 2.05) is 0 Å². The van der Waals surface area contributed by atoms with Crippen molar-refractivity contribution in [2.24, 2.45) is 0 Å². The average Bonchev–Trinajstić information content (AvgIpc) is 2.90. The Morgan fingerprint density at radius 1 is 1.14 bits per heavy atom. The number of hydrogen-bond acceptors (Lipinski definition) is 4. The molecule has 2 N–H and O–H groups in total. The summed E-state index contributed by atoms with van der Waals surface area (Å²) < 4.78 is 18.1. The van der Waals surface area contributed by atoms with Crippen LogP contribution in [0.15, 0.2) is 47.0 Å². The van der Waals surface area contributed by atoms with Gasteiger partial charge in [0.05, 0.1) is 10.6 Å². The molecular weight excluding hydrogens is 293 g/mol. The lowest BCUT2D eigenvalue weighted by molar-refractivity contribution is 0.424. The molecule has 3 rings (SSSR count). The van der Waals surface area contributed by atoms with Crippen molar-refractivity contribution in [1.82, 2.24) is 10.1 Å². The van der Waals surface area contributed by atoms with E-state index in [1.54, 1.807) is 30.3 Å². The van der Waals surface area contributed by atoms with Crippen molar-refractivity contribution in [2.45, 2.75) is 6.42 Å². The summed E-state index contributed by atoms with van der Waals surface area (Å²) in [7, 11) is 0. The lowest BCUT2D eigenvalue weighted by atomic mass is 10.1. The minimum atomic E-state index is -0.277. The van der Waals surface area contributed by atoms with Gasteiger partial charge in [-0.25, -0.2) is 4.39 Å². The number of rotatable bonds is 3. The van der Waals surface area contributed by atoms with Gasteiger partial charge in [-0.3, -0.25) is 0 Å². The van der Waals surface area contributed by atoms with Gasteiger partial charge in [-0.15, -0.1) is 0 Å². The summed E-state index contributed by atoms with van der Waals surface area (Å²) in [4.78, 5) is 4.29. The number of aromatic nitrogens is 2. The van der Waals surface area contributed by atoms with E-state index < -0.39 is 0 Å². The fraction of sp³-hybridized carbons (Fsp3) is 0.0667. The third-order valence-electron chi connectivity index (χ3n) is 2.97. The number of anilines is 1. The van der Waals surface area contributed by atoms with E-state index >= 15 is 0 Å². The third kappa shape index (κ3) is 3.03. The van der Waals surface area contributed by atoms with E-state index in [2.05, 4.69) is 10.1 Å². The van der Waals surface area contributed by atoms with Gasteiger partial charge in [0.15, 0.2) is 5.82 Å². The van der Waals surface area contributed by atoms with Gasteiger partial charge in [0.2, 0.25) is 0 Å². The average molecular weight is 304 g/mol. The fourth-order valence-electron chi connectivity index (χ4n) is 1.92. The van der Waals surface area contributed by atoms with Crippen LogP contribution in [-0.2, 0) is 6.42 Å². The highest BCUT2D eigenvalue weighted by Crippen LogP contribution is 2.28. The number of nitrogen functional groups attached to an aromatic ring is 1. The van der Waals surface area contributed by atoms with Crippen LogP contribution in [0.5, 0.6) is 0 Å². The molecule has 0 aliphatic carbocycles. The maximum atomic E-state index is 12.9. The van der Waals surface area contributed by atoms with Crippen LogP contribution in [0.2, 0.25) is 5.02 Å². The van der Waals surface area contributed by atoms with Gasteiger partial charge in [0.25, 0.3) is 5.89 Å². The Morgan fingerprint density at radius 3 is 2.62 bits per heavy atom. The summed E-state index contributed by atoms with van der Waals surface area (Å²) >= 11 is 6.10. The largest absolute Gasteiger partial charge is 0.399 e. The molecule has 0 unspecified atom stereocenters. The van der Waals surface area contributed by atoms with E-state index in [9.17, 15) is 4.39 Å². The van der Waals surface area contributed by atoms with Crippen LogP contribution in [-0.4, -0.2) is 10.1 Å². The van der Waals surface area contributed by atoms with Gasteiger partial charge >= 0.3 is 0 Å². The Labute approximate surface area is 125 Å². The van der Waals surface area contributed by atoms with Gasteiger partial charge in [-0.05, 0) is 35.9 Å². The lowest BCUT2D eigenvalue weighted by Gasteiger charge is -1.99. The van der Waals surface area contributed by atoms with Crippen molar-refractivity contribution in [3.63, 3.8) is 0 Å². The molecule has 3 aromatic rings. The van der Waals surface area contributed by atoms with Gasteiger partial charge in [0.1, 0.15) is 5.82 Å². The van der Waals surface area contributed by atoms with E-state index in [4.69, 9.17) is 21.9 Å². The second-order valence-corrected chi connectivity index (χ2v) is 4.97. The zero-order valence-electron chi connectivity index (χ0n) is 10.9. The normalized spacial score (nSPS) is 10.8. The lowest BCUT2D eigenvalue weighted by Crippen LogP contribution is -1.91. The Kier molecular flexibility index (Phi) is 3.58. The first-order valence-corrected chi connectivity index (χ1v) is 6.62. The molecule has 106 valence electrons. The number of hydrogen-bond donors (Lipinski definition) is 1. The van der Waals surface area contributed by atoms with Crippen LogP contribution in [0.25, 0.3) is 11.5 Å². The fourth-order valence-corrected chi connectivity index (χ4v) is 2.19. The highest BCUT2D eigenvalue weighted by molar-refractivity contribution is 6.33. The van der Waals surface area contributed by atoms with Gasteiger partial charge < -0.3 is 10.3 Å². The van der Waals surface area contributed by atoms with Crippen LogP contribution in [0.3, 0.4) is 0 Å². The van der Waals surface area contributed by atoms with Crippen LogP contribution in [0.1, 0.15) is 11.4 Å². The molecule has 0 atom stereocenters. The molecule has 0 fully saturated rings. The number of nitrogens with two attached hydrogens (primary N) is 1. The first-order chi connectivity index (χ1) is 10.1. The summed E-state index contributed by atoms with van der Waals surface area (Å²) in [5.41, 5.74) is 7.73. The molecule has 0 saturated carbocycles. The Bertz CT molecular complexity index is 771. The first kappa shape index (κ1) is 13.6. The maximum absolute atomic E-state index is 12.9. The van der Waals surface area contributed by atoms with E-state index in [1.165, 1.54) is 12.1 Å². The zero-order chi connectivity index (χ0) is 14.8. The van der Waals surface area contributed by atoms with Gasteiger partial charge in [-0.2, -0.15) is 4.98 Å². The molecule has 0 aliphatic heterocycles. The predicted octanol–water partition coefficient (Wildman–Crippen LogP) is 3.70. The SMILES string of the molecule is Nc1ccc(-c2nc(Cc3ccc(F)cc3)no2)c(Cl)c1. The maximum Gasteiger partial charge on any atom is 0.259 e. The van der Waals surface area contributed by atoms with Crippen molar-refractivity contribution in [3.8, 4) is 11.5 Å². The van der Waals surface area contributed by atoms with Crippen LogP contribution in [0, 0.1) is 5.82 Å². The quantitative estimate of drug-likeness (QED) is 0.749. The molecule has 4 nitrogen and oxygen atoms in total. The summed E-state index contributed by atoms with van der Waals surface area (Å²) in [6, 6.07) is 11.2. The highest BCUT2D eigenvalue weighted by Gasteiger charge is 2.12. The Balaban J connectivity index is 1.84. The third-order valence-corrected chi connectivity index (χ3v) is 3.28. The molecule has 0 amide bonds. The molecule has 1 aromatic heterocycles. The van der Waals surface area contributed by atoms with Crippen molar-refractivity contribution in [1.29, 1.82) is 0 Å². The summed E-state index contributed by atoms with van der Waals surface area (Å²) in [5, 5.41) is 4.35. The Morgan fingerprint density at radius 2 is 1.90 bits per heavy atom. The molecular formula is C15H11ClFN3O. The topological polar surface area (TPSA) is 64.9 Å². The van der Waals surface area contributed by atoms with Crippen LogP contribution >= 0.6 is 11.6 Å². The smallest absolute Gasteiger partial charge is 0.259 e. The summed E-state index contributed by atoms with van der Waals surface area (Å²) in [5.74, 6) is 0.558. The second kappa shape index (κ2) is 5.54. The van der Waals surface area contributed by atoms with Crippen molar-refractivity contribution in [2.75, 3.05) is 5.73 Å². The van der Waals surface area contributed by atoms with E-state index in [0.717, 1.165) is 5.56 Å². The highest BCUT2D eigenvalue weighted by atomic mass is 35.5. The zero-order valence-corrected chi connectivity index (χ0v) is 11.6. The van der Waals surface area contributed by atoms with Crippen molar-refractivity contribution < 1.29 is 8.91 Å². The summed E-state index contributed by atoms with van der Waals surface area (Å²) in [6.07, 6.45) is 0.455. The second-order valence-electron chi connectivity index (χ2n) is 4.56. The van der Waals surface area contributed by atoms with Gasteiger partial charge in [-0.1, -0.05) is 28.9 Å². The van der Waals surface area contributed by atoms with Crippen molar-refractivity contribution in [3.05, 3.63) is 64.7 Å². The first-order valence-electron chi connectivity index (χ1n) is 6.24. The van der Waals surface area contributed by atoms with Crippen LogP contribution < -0.4 is 5.73 Å². The number of halogens is 2. The molecule has 0 radical (unpaired) electrons. The molecule has 2 aromatic carbocycles. The molecule has 0 spiro atoms. The molecule has 0 aliphatic rings.